The molecule has 31 heavy (non-hydrogen) atoms. The van der Waals surface area contributed by atoms with E-state index in [0.29, 0.717) is 24.2 Å². The fraction of sp³-hybridized carbons (Fsp3) is 0.769. The predicted molar refractivity (Wildman–Crippen MR) is 127 cm³/mol. The molecule has 5 heteroatoms. The number of likely N-dealkylation sites (tertiary alicyclic amines) is 1. The highest BCUT2D eigenvalue weighted by Crippen LogP contribution is 2.26. The molecule has 1 N–H and O–H groups in total. The van der Waals surface area contributed by atoms with E-state index in [1.165, 1.54) is 57.2 Å². The number of nitrogens with zero attached hydrogens (tertiary/aromatic N) is 3. The van der Waals surface area contributed by atoms with Crippen molar-refractivity contribution in [1.29, 1.82) is 0 Å². The van der Waals surface area contributed by atoms with E-state index in [0.717, 1.165) is 38.3 Å². The Hall–Kier alpha value is -1.14. The highest BCUT2D eigenvalue weighted by atomic mass is 16.5. The Morgan fingerprint density at radius 2 is 1.68 bits per heavy atom. The summed E-state index contributed by atoms with van der Waals surface area (Å²) >= 11 is 0. The molecule has 1 saturated carbocycles. The SMILES string of the molecule is CC(C)N1CCC(N2CCN(Cc3ccc(OC4CCCC4)cc3)CC2CCO)CC1. The van der Waals surface area contributed by atoms with Gasteiger partial charge in [-0.2, -0.15) is 0 Å². The molecule has 1 aliphatic carbocycles. The number of rotatable bonds is 8. The number of piperazine rings is 1. The molecule has 1 aromatic rings. The van der Waals surface area contributed by atoms with Crippen molar-refractivity contribution >= 4 is 0 Å². The predicted octanol–water partition coefficient (Wildman–Crippen LogP) is 3.75. The second-order valence-electron chi connectivity index (χ2n) is 10.2. The molecule has 4 rings (SSSR count). The molecule has 0 bridgehead atoms. The van der Waals surface area contributed by atoms with Gasteiger partial charge in [-0.05, 0) is 89.6 Å². The maximum Gasteiger partial charge on any atom is 0.119 e. The Morgan fingerprint density at radius 1 is 0.968 bits per heavy atom. The molecule has 0 radical (unpaired) electrons. The van der Waals surface area contributed by atoms with Crippen LogP contribution < -0.4 is 4.74 Å². The first-order chi connectivity index (χ1) is 15.1. The standard InChI is InChI=1S/C26H43N3O2/c1-21(2)28-14-11-23(12-15-28)29-17-16-27(20-24(29)13-18-30)19-22-7-9-26(10-8-22)31-25-5-3-4-6-25/h7-10,21,23-25,30H,3-6,11-20H2,1-2H3. The van der Waals surface area contributed by atoms with Gasteiger partial charge < -0.3 is 14.7 Å². The van der Waals surface area contributed by atoms with E-state index in [1.54, 1.807) is 0 Å². The molecule has 1 unspecified atom stereocenters. The lowest BCUT2D eigenvalue weighted by Gasteiger charge is -2.48. The monoisotopic (exact) mass is 429 g/mol. The summed E-state index contributed by atoms with van der Waals surface area (Å²) < 4.78 is 6.12. The van der Waals surface area contributed by atoms with Gasteiger partial charge in [-0.25, -0.2) is 0 Å². The number of hydrogen-bond acceptors (Lipinski definition) is 5. The van der Waals surface area contributed by atoms with E-state index in [9.17, 15) is 5.11 Å². The highest BCUT2D eigenvalue weighted by Gasteiger charge is 2.33. The summed E-state index contributed by atoms with van der Waals surface area (Å²) in [6.45, 7) is 11.6. The zero-order chi connectivity index (χ0) is 21.6. The molecule has 3 aliphatic rings. The number of benzene rings is 1. The van der Waals surface area contributed by atoms with E-state index >= 15 is 0 Å². The van der Waals surface area contributed by atoms with Crippen molar-refractivity contribution in [2.24, 2.45) is 0 Å². The third kappa shape index (κ3) is 6.22. The van der Waals surface area contributed by atoms with E-state index in [1.807, 2.05) is 0 Å². The van der Waals surface area contributed by atoms with Crippen LogP contribution in [0.25, 0.3) is 0 Å². The minimum Gasteiger partial charge on any atom is -0.490 e. The normalized spacial score (nSPS) is 25.5. The van der Waals surface area contributed by atoms with Crippen molar-refractivity contribution in [3.05, 3.63) is 29.8 Å². The van der Waals surface area contributed by atoms with Crippen molar-refractivity contribution in [2.45, 2.75) is 89.6 Å². The van der Waals surface area contributed by atoms with E-state index < -0.39 is 0 Å². The van der Waals surface area contributed by atoms with Crippen LogP contribution in [0.5, 0.6) is 5.75 Å². The summed E-state index contributed by atoms with van der Waals surface area (Å²) in [6.07, 6.45) is 8.86. The second-order valence-corrected chi connectivity index (χ2v) is 10.2. The summed E-state index contributed by atoms with van der Waals surface area (Å²) in [5.41, 5.74) is 1.36. The molecule has 2 saturated heterocycles. The molecule has 0 spiro atoms. The largest absolute Gasteiger partial charge is 0.490 e. The average Bonchev–Trinajstić information content (AvgIpc) is 3.29. The van der Waals surface area contributed by atoms with Crippen molar-refractivity contribution in [3.8, 4) is 5.75 Å². The first kappa shape index (κ1) is 23.0. The third-order valence-corrected chi connectivity index (χ3v) is 7.71. The van der Waals surface area contributed by atoms with Gasteiger partial charge in [0.2, 0.25) is 0 Å². The minimum atomic E-state index is 0.285. The first-order valence-corrected chi connectivity index (χ1v) is 12.7. The Bertz CT molecular complexity index is 651. The van der Waals surface area contributed by atoms with Crippen molar-refractivity contribution in [2.75, 3.05) is 39.3 Å². The molecular formula is C26H43N3O2. The zero-order valence-corrected chi connectivity index (χ0v) is 19.7. The summed E-state index contributed by atoms with van der Waals surface area (Å²) in [6, 6.07) is 10.6. The van der Waals surface area contributed by atoms with Crippen LogP contribution in [0.4, 0.5) is 0 Å². The van der Waals surface area contributed by atoms with Crippen LogP contribution >= 0.6 is 0 Å². The quantitative estimate of drug-likeness (QED) is 0.681. The summed E-state index contributed by atoms with van der Waals surface area (Å²) in [5, 5.41) is 9.71. The van der Waals surface area contributed by atoms with Crippen LogP contribution in [0.15, 0.2) is 24.3 Å². The van der Waals surface area contributed by atoms with Crippen LogP contribution in [0.3, 0.4) is 0 Å². The van der Waals surface area contributed by atoms with Gasteiger partial charge in [-0.3, -0.25) is 9.80 Å². The molecule has 1 atom stereocenters. The molecule has 1 aromatic carbocycles. The average molecular weight is 430 g/mol. The number of piperidine rings is 1. The second kappa shape index (κ2) is 11.1. The molecule has 0 amide bonds. The van der Waals surface area contributed by atoms with Gasteiger partial charge in [0.1, 0.15) is 5.75 Å². The van der Waals surface area contributed by atoms with Gasteiger partial charge in [0.25, 0.3) is 0 Å². The molecule has 174 valence electrons. The fourth-order valence-electron chi connectivity index (χ4n) is 5.83. The maximum atomic E-state index is 9.71. The van der Waals surface area contributed by atoms with Gasteiger partial charge in [-0.1, -0.05) is 12.1 Å². The van der Waals surface area contributed by atoms with Crippen LogP contribution in [0.2, 0.25) is 0 Å². The molecule has 3 fully saturated rings. The number of hydrogen-bond donors (Lipinski definition) is 1. The van der Waals surface area contributed by atoms with Crippen molar-refractivity contribution in [1.82, 2.24) is 14.7 Å². The molecule has 2 heterocycles. The lowest BCUT2D eigenvalue weighted by molar-refractivity contribution is -0.0000357. The smallest absolute Gasteiger partial charge is 0.119 e. The molecular weight excluding hydrogens is 386 g/mol. The Morgan fingerprint density at radius 3 is 2.32 bits per heavy atom. The topological polar surface area (TPSA) is 39.2 Å². The van der Waals surface area contributed by atoms with Crippen LogP contribution in [-0.4, -0.2) is 83.4 Å². The lowest BCUT2D eigenvalue weighted by atomic mass is 9.97. The van der Waals surface area contributed by atoms with Crippen molar-refractivity contribution in [3.63, 3.8) is 0 Å². The van der Waals surface area contributed by atoms with Gasteiger partial charge in [-0.15, -0.1) is 0 Å². The maximum absolute atomic E-state index is 9.71. The first-order valence-electron chi connectivity index (χ1n) is 12.7. The van der Waals surface area contributed by atoms with Crippen LogP contribution in [0.1, 0.15) is 64.4 Å². The Kier molecular flexibility index (Phi) is 8.27. The van der Waals surface area contributed by atoms with E-state index in [4.69, 9.17) is 4.74 Å². The van der Waals surface area contributed by atoms with Gasteiger partial charge >= 0.3 is 0 Å². The lowest BCUT2D eigenvalue weighted by Crippen LogP contribution is -2.58. The highest BCUT2D eigenvalue weighted by molar-refractivity contribution is 5.27. The van der Waals surface area contributed by atoms with Gasteiger partial charge in [0.15, 0.2) is 0 Å². The summed E-state index contributed by atoms with van der Waals surface area (Å²) in [5.74, 6) is 1.02. The fourth-order valence-corrected chi connectivity index (χ4v) is 5.83. The molecule has 2 aliphatic heterocycles. The number of ether oxygens (including phenoxy) is 1. The van der Waals surface area contributed by atoms with Crippen LogP contribution in [0, 0.1) is 0 Å². The minimum absolute atomic E-state index is 0.285. The van der Waals surface area contributed by atoms with Gasteiger partial charge in [0, 0.05) is 50.9 Å². The zero-order valence-electron chi connectivity index (χ0n) is 19.7. The Labute approximate surface area is 189 Å². The van der Waals surface area contributed by atoms with Crippen molar-refractivity contribution < 1.29 is 9.84 Å². The molecule has 5 nitrogen and oxygen atoms in total. The third-order valence-electron chi connectivity index (χ3n) is 7.71. The molecule has 0 aromatic heterocycles. The van der Waals surface area contributed by atoms with Gasteiger partial charge in [0.05, 0.1) is 6.10 Å². The number of aliphatic hydroxyl groups excluding tert-OH is 1. The summed E-state index contributed by atoms with van der Waals surface area (Å²) in [7, 11) is 0. The van der Waals surface area contributed by atoms with Crippen LogP contribution in [-0.2, 0) is 6.54 Å². The van der Waals surface area contributed by atoms with E-state index in [-0.39, 0.29) is 6.61 Å². The Balaban J connectivity index is 1.29. The number of aliphatic hydroxyl groups is 1. The van der Waals surface area contributed by atoms with E-state index in [2.05, 4.69) is 52.8 Å². The summed E-state index contributed by atoms with van der Waals surface area (Å²) in [4.78, 5) is 7.91.